The molecule has 1 saturated carbocycles. The average molecular weight is 263 g/mol. The molecule has 0 saturated heterocycles. The third-order valence-electron chi connectivity index (χ3n) is 3.62. The number of halogens is 1. The Labute approximate surface area is 112 Å². The molecule has 3 nitrogen and oxygen atoms in total. The number of benzene rings is 1. The fourth-order valence-corrected chi connectivity index (χ4v) is 2.28. The van der Waals surface area contributed by atoms with Crippen molar-refractivity contribution in [3.05, 3.63) is 35.7 Å². The number of carbonyl (C=O) groups is 1. The van der Waals surface area contributed by atoms with E-state index in [4.69, 9.17) is 5.11 Å². The first-order chi connectivity index (χ1) is 8.99. The molecule has 0 radical (unpaired) electrons. The Morgan fingerprint density at radius 1 is 1.58 bits per heavy atom. The van der Waals surface area contributed by atoms with Gasteiger partial charge in [0.15, 0.2) is 0 Å². The summed E-state index contributed by atoms with van der Waals surface area (Å²) in [5.41, 5.74) is 1.07. The van der Waals surface area contributed by atoms with E-state index in [1.807, 2.05) is 18.0 Å². The normalized spacial score (nSPS) is 21.6. The van der Waals surface area contributed by atoms with Crippen molar-refractivity contribution in [1.82, 2.24) is 0 Å². The van der Waals surface area contributed by atoms with Crippen molar-refractivity contribution in [3.8, 4) is 0 Å². The van der Waals surface area contributed by atoms with Crippen LogP contribution in [-0.2, 0) is 4.79 Å². The summed E-state index contributed by atoms with van der Waals surface area (Å²) in [4.78, 5) is 12.6. The maximum absolute atomic E-state index is 13.8. The first-order valence-corrected chi connectivity index (χ1v) is 6.39. The molecule has 1 aromatic carbocycles. The molecule has 2 rings (SSSR count). The largest absolute Gasteiger partial charge is 0.478 e. The molecule has 0 heterocycles. The van der Waals surface area contributed by atoms with Gasteiger partial charge in [-0.2, -0.15) is 0 Å². The second-order valence-corrected chi connectivity index (χ2v) is 5.20. The fraction of sp³-hybridized carbons (Fsp3) is 0.400. The van der Waals surface area contributed by atoms with Gasteiger partial charge in [-0.25, -0.2) is 9.18 Å². The smallest absolute Gasteiger partial charge is 0.328 e. The van der Waals surface area contributed by atoms with Gasteiger partial charge in [0, 0.05) is 30.9 Å². The zero-order valence-corrected chi connectivity index (χ0v) is 11.1. The molecule has 0 amide bonds. The molecule has 0 bridgehead atoms. The summed E-state index contributed by atoms with van der Waals surface area (Å²) in [7, 11) is 1.91. The highest BCUT2D eigenvalue weighted by atomic mass is 19.1. The minimum absolute atomic E-state index is 0.334. The number of nitrogens with zero attached hydrogens (tertiary/aromatic N) is 1. The molecule has 0 aromatic heterocycles. The van der Waals surface area contributed by atoms with E-state index in [2.05, 4.69) is 6.92 Å². The lowest BCUT2D eigenvalue weighted by atomic mass is 10.1. The first kappa shape index (κ1) is 13.6. The van der Waals surface area contributed by atoms with E-state index >= 15 is 0 Å². The van der Waals surface area contributed by atoms with Crippen LogP contribution in [0.2, 0.25) is 0 Å². The van der Waals surface area contributed by atoms with Crippen LogP contribution in [0.25, 0.3) is 6.08 Å². The quantitative estimate of drug-likeness (QED) is 0.830. The van der Waals surface area contributed by atoms with E-state index in [9.17, 15) is 9.18 Å². The summed E-state index contributed by atoms with van der Waals surface area (Å²) < 4.78 is 13.8. The predicted octanol–water partition coefficient (Wildman–Crippen LogP) is 3.02. The molecular weight excluding hydrogens is 245 g/mol. The standard InChI is InChI=1S/C15H18FNO2/c1-10-8-11(10)9-17(2)14-5-3-4-13(16)12(14)6-7-15(18)19/h3-7,10-11H,8-9H2,1-2H3,(H,18,19)/b7-6+. The predicted molar refractivity (Wildman–Crippen MR) is 73.6 cm³/mol. The van der Waals surface area contributed by atoms with Crippen molar-refractivity contribution in [2.24, 2.45) is 11.8 Å². The molecule has 0 spiro atoms. The van der Waals surface area contributed by atoms with Gasteiger partial charge in [0.25, 0.3) is 0 Å². The lowest BCUT2D eigenvalue weighted by Gasteiger charge is -2.21. The van der Waals surface area contributed by atoms with Crippen LogP contribution >= 0.6 is 0 Å². The zero-order chi connectivity index (χ0) is 14.0. The Morgan fingerprint density at radius 3 is 2.84 bits per heavy atom. The lowest BCUT2D eigenvalue weighted by Crippen LogP contribution is -2.21. The second kappa shape index (κ2) is 5.43. The molecule has 1 fully saturated rings. The van der Waals surface area contributed by atoms with Gasteiger partial charge in [0.2, 0.25) is 0 Å². The Hall–Kier alpha value is -1.84. The van der Waals surface area contributed by atoms with Gasteiger partial charge in [-0.15, -0.1) is 0 Å². The van der Waals surface area contributed by atoms with Gasteiger partial charge in [-0.05, 0) is 36.5 Å². The number of anilines is 1. The van der Waals surface area contributed by atoms with Crippen molar-refractivity contribution >= 4 is 17.7 Å². The topological polar surface area (TPSA) is 40.5 Å². The number of hydrogen-bond acceptors (Lipinski definition) is 2. The van der Waals surface area contributed by atoms with E-state index in [0.717, 1.165) is 24.2 Å². The molecule has 2 atom stereocenters. The number of rotatable bonds is 5. The summed E-state index contributed by atoms with van der Waals surface area (Å²) in [6.45, 7) is 3.08. The van der Waals surface area contributed by atoms with Crippen molar-refractivity contribution in [2.45, 2.75) is 13.3 Å². The molecule has 102 valence electrons. The van der Waals surface area contributed by atoms with Crippen molar-refractivity contribution in [1.29, 1.82) is 0 Å². The second-order valence-electron chi connectivity index (χ2n) is 5.20. The van der Waals surface area contributed by atoms with Crippen LogP contribution in [0.15, 0.2) is 24.3 Å². The molecule has 19 heavy (non-hydrogen) atoms. The van der Waals surface area contributed by atoms with Crippen molar-refractivity contribution in [3.63, 3.8) is 0 Å². The molecule has 1 N–H and O–H groups in total. The SMILES string of the molecule is CC1CC1CN(C)c1cccc(F)c1/C=C/C(=O)O. The van der Waals surface area contributed by atoms with Gasteiger partial charge in [-0.1, -0.05) is 13.0 Å². The summed E-state index contributed by atoms with van der Waals surface area (Å²) >= 11 is 0. The molecule has 1 aliphatic carbocycles. The Balaban J connectivity index is 2.23. The first-order valence-electron chi connectivity index (χ1n) is 6.39. The highest BCUT2D eigenvalue weighted by Gasteiger charge is 2.33. The Bertz CT molecular complexity index is 513. The minimum atomic E-state index is -1.08. The lowest BCUT2D eigenvalue weighted by molar-refractivity contribution is -0.131. The monoisotopic (exact) mass is 263 g/mol. The highest BCUT2D eigenvalue weighted by Crippen LogP contribution is 2.39. The van der Waals surface area contributed by atoms with E-state index in [1.54, 1.807) is 6.07 Å². The van der Waals surface area contributed by atoms with Gasteiger partial charge >= 0.3 is 5.97 Å². The molecule has 4 heteroatoms. The number of aliphatic carboxylic acids is 1. The van der Waals surface area contributed by atoms with Crippen molar-refractivity contribution < 1.29 is 14.3 Å². The van der Waals surface area contributed by atoms with Crippen LogP contribution in [0.1, 0.15) is 18.9 Å². The maximum Gasteiger partial charge on any atom is 0.328 e. The van der Waals surface area contributed by atoms with E-state index in [0.29, 0.717) is 11.5 Å². The fourth-order valence-electron chi connectivity index (χ4n) is 2.28. The van der Waals surface area contributed by atoms with Gasteiger partial charge in [-0.3, -0.25) is 0 Å². The van der Waals surface area contributed by atoms with Gasteiger partial charge < -0.3 is 10.0 Å². The maximum atomic E-state index is 13.8. The summed E-state index contributed by atoms with van der Waals surface area (Å²) in [5, 5.41) is 8.66. The molecule has 1 aliphatic rings. The zero-order valence-electron chi connectivity index (χ0n) is 11.1. The third-order valence-corrected chi connectivity index (χ3v) is 3.62. The van der Waals surface area contributed by atoms with Gasteiger partial charge in [0.05, 0.1) is 0 Å². The molecular formula is C15H18FNO2. The number of carboxylic acids is 1. The van der Waals surface area contributed by atoms with Crippen LogP contribution in [-0.4, -0.2) is 24.7 Å². The van der Waals surface area contributed by atoms with Crippen LogP contribution < -0.4 is 4.90 Å². The van der Waals surface area contributed by atoms with E-state index < -0.39 is 11.8 Å². The van der Waals surface area contributed by atoms with Crippen LogP contribution in [0.4, 0.5) is 10.1 Å². The minimum Gasteiger partial charge on any atom is -0.478 e. The molecule has 0 aliphatic heterocycles. The van der Waals surface area contributed by atoms with E-state index in [-0.39, 0.29) is 0 Å². The number of carboxylic acid groups (broad SMARTS) is 1. The Morgan fingerprint density at radius 2 is 2.26 bits per heavy atom. The van der Waals surface area contributed by atoms with Crippen LogP contribution in [0.3, 0.4) is 0 Å². The van der Waals surface area contributed by atoms with Crippen LogP contribution in [0.5, 0.6) is 0 Å². The summed E-state index contributed by atoms with van der Waals surface area (Å²) in [5.74, 6) is -0.0861. The van der Waals surface area contributed by atoms with Crippen LogP contribution in [0, 0.1) is 17.7 Å². The average Bonchev–Trinajstić information content (AvgIpc) is 3.02. The third kappa shape index (κ3) is 3.34. The summed E-state index contributed by atoms with van der Waals surface area (Å²) in [6.07, 6.45) is 3.50. The Kier molecular flexibility index (Phi) is 3.88. The van der Waals surface area contributed by atoms with E-state index in [1.165, 1.54) is 18.6 Å². The highest BCUT2D eigenvalue weighted by molar-refractivity contribution is 5.87. The molecule has 2 unspecified atom stereocenters. The van der Waals surface area contributed by atoms with Crippen molar-refractivity contribution in [2.75, 3.05) is 18.5 Å². The van der Waals surface area contributed by atoms with Gasteiger partial charge in [0.1, 0.15) is 5.82 Å². The number of hydrogen-bond donors (Lipinski definition) is 1. The molecule has 1 aromatic rings. The summed E-state index contributed by atoms with van der Waals surface area (Å²) in [6, 6.07) is 4.81.